The number of ether oxygens (including phenoxy) is 1. The summed E-state index contributed by atoms with van der Waals surface area (Å²) in [5, 5.41) is 5.61. The molecule has 1 N–H and O–H groups in total. The molecule has 1 aromatic heterocycles. The van der Waals surface area contributed by atoms with Crippen LogP contribution >= 0.6 is 22.9 Å². The molecular weight excluding hydrogens is 386 g/mol. The van der Waals surface area contributed by atoms with E-state index < -0.39 is 0 Å². The molecule has 2 rings (SSSR count). The van der Waals surface area contributed by atoms with E-state index in [9.17, 15) is 9.59 Å². The number of unbranched alkanes of at least 4 members (excludes halogenated alkanes) is 3. The maximum atomic E-state index is 12.6. The number of thiazole rings is 1. The molecule has 0 saturated carbocycles. The number of halogens is 1. The fourth-order valence-electron chi connectivity index (χ4n) is 2.41. The number of hydrogen-bond donors (Lipinski definition) is 1. The summed E-state index contributed by atoms with van der Waals surface area (Å²) >= 11 is 7.18. The summed E-state index contributed by atoms with van der Waals surface area (Å²) in [7, 11) is 0. The van der Waals surface area contributed by atoms with Crippen molar-refractivity contribution in [2.75, 3.05) is 25.0 Å². The molecule has 0 bridgehead atoms. The van der Waals surface area contributed by atoms with Crippen molar-refractivity contribution in [1.29, 1.82) is 0 Å². The Hall–Kier alpha value is -2.12. The third-order valence-corrected chi connectivity index (χ3v) is 4.76. The second kappa shape index (κ2) is 11.6. The SMILES string of the molecule is CCCCCCN(CC(=O)Nc1nccs1)C(=O)COc1ccc(Cl)cc1. The normalized spacial score (nSPS) is 10.4. The van der Waals surface area contributed by atoms with Gasteiger partial charge in [0.1, 0.15) is 12.3 Å². The van der Waals surface area contributed by atoms with Gasteiger partial charge in [0.15, 0.2) is 11.7 Å². The molecular formula is C19H24ClN3O3S. The Morgan fingerprint density at radius 2 is 2.00 bits per heavy atom. The van der Waals surface area contributed by atoms with Crippen LogP contribution in [0, 0.1) is 0 Å². The topological polar surface area (TPSA) is 71.5 Å². The van der Waals surface area contributed by atoms with Gasteiger partial charge < -0.3 is 15.0 Å². The van der Waals surface area contributed by atoms with Crippen LogP contribution in [0.15, 0.2) is 35.8 Å². The number of carbonyl (C=O) groups is 2. The molecule has 1 heterocycles. The third kappa shape index (κ3) is 7.97. The van der Waals surface area contributed by atoms with Crippen LogP contribution in [0.4, 0.5) is 5.13 Å². The molecule has 0 aliphatic rings. The van der Waals surface area contributed by atoms with E-state index in [1.54, 1.807) is 35.8 Å². The van der Waals surface area contributed by atoms with E-state index in [0.29, 0.717) is 22.4 Å². The summed E-state index contributed by atoms with van der Waals surface area (Å²) in [5.41, 5.74) is 0. The van der Waals surface area contributed by atoms with Gasteiger partial charge in [0, 0.05) is 23.1 Å². The Bertz CT molecular complexity index is 707. The molecule has 0 aliphatic heterocycles. The first kappa shape index (κ1) is 21.2. The van der Waals surface area contributed by atoms with Crippen molar-refractivity contribution in [2.45, 2.75) is 32.6 Å². The van der Waals surface area contributed by atoms with E-state index >= 15 is 0 Å². The van der Waals surface area contributed by atoms with Crippen LogP contribution in [0.5, 0.6) is 5.75 Å². The number of amides is 2. The van der Waals surface area contributed by atoms with Crippen LogP contribution in [0.25, 0.3) is 0 Å². The van der Waals surface area contributed by atoms with Gasteiger partial charge in [-0.2, -0.15) is 0 Å². The van der Waals surface area contributed by atoms with Crippen molar-refractivity contribution in [3.63, 3.8) is 0 Å². The highest BCUT2D eigenvalue weighted by atomic mass is 35.5. The van der Waals surface area contributed by atoms with E-state index in [1.165, 1.54) is 16.2 Å². The molecule has 1 aromatic carbocycles. The van der Waals surface area contributed by atoms with E-state index in [2.05, 4.69) is 17.2 Å². The highest BCUT2D eigenvalue weighted by Gasteiger charge is 2.18. The van der Waals surface area contributed by atoms with Gasteiger partial charge in [0.25, 0.3) is 5.91 Å². The molecule has 0 saturated heterocycles. The fourth-order valence-corrected chi connectivity index (χ4v) is 3.08. The standard InChI is InChI=1S/C19H24ClN3O3S/c1-2-3-4-5-11-23(13-17(24)22-19-21-10-12-27-19)18(25)14-26-16-8-6-15(20)7-9-16/h6-10,12H,2-5,11,13-14H2,1H3,(H,21,22,24). The van der Waals surface area contributed by atoms with Crippen LogP contribution in [0.3, 0.4) is 0 Å². The molecule has 0 atom stereocenters. The summed E-state index contributed by atoms with van der Waals surface area (Å²) in [6.45, 7) is 2.51. The van der Waals surface area contributed by atoms with Crippen molar-refractivity contribution in [1.82, 2.24) is 9.88 Å². The lowest BCUT2D eigenvalue weighted by Crippen LogP contribution is -2.41. The highest BCUT2D eigenvalue weighted by Crippen LogP contribution is 2.16. The second-order valence-corrected chi connectivity index (χ2v) is 7.33. The van der Waals surface area contributed by atoms with Gasteiger partial charge in [0.05, 0.1) is 0 Å². The molecule has 27 heavy (non-hydrogen) atoms. The average Bonchev–Trinajstić information content (AvgIpc) is 3.16. The monoisotopic (exact) mass is 409 g/mol. The summed E-state index contributed by atoms with van der Waals surface area (Å²) in [5.74, 6) is 0.0712. The van der Waals surface area contributed by atoms with Gasteiger partial charge >= 0.3 is 0 Å². The first-order chi connectivity index (χ1) is 13.1. The zero-order valence-corrected chi connectivity index (χ0v) is 16.9. The quantitative estimate of drug-likeness (QED) is 0.564. The number of aromatic nitrogens is 1. The van der Waals surface area contributed by atoms with Gasteiger partial charge in [-0.3, -0.25) is 9.59 Å². The molecule has 8 heteroatoms. The summed E-state index contributed by atoms with van der Waals surface area (Å²) in [6.07, 6.45) is 5.71. The predicted octanol–water partition coefficient (Wildman–Crippen LogP) is 4.22. The van der Waals surface area contributed by atoms with Crippen LogP contribution in [0.1, 0.15) is 32.6 Å². The van der Waals surface area contributed by atoms with E-state index in [-0.39, 0.29) is 25.0 Å². The number of nitrogens with zero attached hydrogens (tertiary/aromatic N) is 2. The number of rotatable bonds is 11. The smallest absolute Gasteiger partial charge is 0.260 e. The van der Waals surface area contributed by atoms with Gasteiger partial charge in [0.2, 0.25) is 5.91 Å². The Balaban J connectivity index is 1.89. The molecule has 6 nitrogen and oxygen atoms in total. The number of anilines is 1. The van der Waals surface area contributed by atoms with Crippen molar-refractivity contribution in [3.05, 3.63) is 40.9 Å². The Morgan fingerprint density at radius 1 is 1.22 bits per heavy atom. The number of hydrogen-bond acceptors (Lipinski definition) is 5. The Labute approximate surface area is 168 Å². The highest BCUT2D eigenvalue weighted by molar-refractivity contribution is 7.13. The predicted molar refractivity (Wildman–Crippen MR) is 108 cm³/mol. The van der Waals surface area contributed by atoms with Gasteiger partial charge in [-0.15, -0.1) is 11.3 Å². The minimum atomic E-state index is -0.264. The zero-order valence-electron chi connectivity index (χ0n) is 15.3. The Morgan fingerprint density at radius 3 is 2.67 bits per heavy atom. The van der Waals surface area contributed by atoms with Crippen molar-refractivity contribution in [2.24, 2.45) is 0 Å². The third-order valence-electron chi connectivity index (χ3n) is 3.82. The summed E-state index contributed by atoms with van der Waals surface area (Å²) in [4.78, 5) is 30.4. The maximum absolute atomic E-state index is 12.6. The lowest BCUT2D eigenvalue weighted by atomic mass is 10.2. The molecule has 2 aromatic rings. The zero-order chi connectivity index (χ0) is 19.5. The molecule has 0 radical (unpaired) electrons. The second-order valence-electron chi connectivity index (χ2n) is 6.00. The lowest BCUT2D eigenvalue weighted by molar-refractivity contribution is -0.136. The van der Waals surface area contributed by atoms with E-state index in [4.69, 9.17) is 16.3 Å². The molecule has 0 aliphatic carbocycles. The minimum Gasteiger partial charge on any atom is -0.484 e. The first-order valence-corrected chi connectivity index (χ1v) is 10.2. The summed E-state index contributed by atoms with van der Waals surface area (Å²) < 4.78 is 5.53. The van der Waals surface area contributed by atoms with E-state index in [1.807, 2.05) is 0 Å². The van der Waals surface area contributed by atoms with Crippen LogP contribution < -0.4 is 10.1 Å². The average molecular weight is 410 g/mol. The van der Waals surface area contributed by atoms with Gasteiger partial charge in [-0.1, -0.05) is 37.8 Å². The molecule has 0 unspecified atom stereocenters. The van der Waals surface area contributed by atoms with Gasteiger partial charge in [-0.25, -0.2) is 4.98 Å². The van der Waals surface area contributed by atoms with Crippen LogP contribution in [-0.2, 0) is 9.59 Å². The number of nitrogens with one attached hydrogen (secondary N) is 1. The number of benzene rings is 1. The lowest BCUT2D eigenvalue weighted by Gasteiger charge is -2.22. The largest absolute Gasteiger partial charge is 0.484 e. The molecule has 0 spiro atoms. The van der Waals surface area contributed by atoms with Crippen molar-refractivity contribution < 1.29 is 14.3 Å². The summed E-state index contributed by atoms with van der Waals surface area (Å²) in [6, 6.07) is 6.81. The first-order valence-electron chi connectivity index (χ1n) is 8.94. The van der Waals surface area contributed by atoms with Crippen LogP contribution in [-0.4, -0.2) is 41.4 Å². The van der Waals surface area contributed by atoms with Crippen LogP contribution in [0.2, 0.25) is 5.02 Å². The Kier molecular flexibility index (Phi) is 9.07. The van der Waals surface area contributed by atoms with E-state index in [0.717, 1.165) is 25.7 Å². The van der Waals surface area contributed by atoms with Gasteiger partial charge in [-0.05, 0) is 30.7 Å². The fraction of sp³-hybridized carbons (Fsp3) is 0.421. The molecule has 0 fully saturated rings. The molecule has 2 amide bonds. The maximum Gasteiger partial charge on any atom is 0.260 e. The number of carbonyl (C=O) groups excluding carboxylic acids is 2. The van der Waals surface area contributed by atoms with Crippen molar-refractivity contribution >= 4 is 39.9 Å². The minimum absolute atomic E-state index is 0.0193. The van der Waals surface area contributed by atoms with Crippen molar-refractivity contribution in [3.8, 4) is 5.75 Å². The molecule has 146 valence electrons.